The van der Waals surface area contributed by atoms with Gasteiger partial charge in [-0.25, -0.2) is 4.79 Å². The van der Waals surface area contributed by atoms with Gasteiger partial charge in [-0.2, -0.15) is 11.8 Å². The number of carboxylic acid groups (broad SMARTS) is 1. The summed E-state index contributed by atoms with van der Waals surface area (Å²) in [6, 6.07) is 27.3. The Morgan fingerprint density at radius 3 is 2.46 bits per heavy atom. The van der Waals surface area contributed by atoms with Gasteiger partial charge in [0.1, 0.15) is 6.04 Å². The summed E-state index contributed by atoms with van der Waals surface area (Å²) in [6.07, 6.45) is 3.09. The summed E-state index contributed by atoms with van der Waals surface area (Å²) in [7, 11) is 0. The molecular formula is C32H34LiNO4S. The van der Waals surface area contributed by atoms with E-state index in [9.17, 15) is 14.7 Å². The molecule has 0 aliphatic rings. The molecule has 0 aliphatic carbocycles. The number of rotatable bonds is 12. The van der Waals surface area contributed by atoms with Crippen LogP contribution in [0.4, 0.5) is 0 Å². The first-order valence-corrected chi connectivity index (χ1v) is 14.1. The second kappa shape index (κ2) is 15.0. The zero-order chi connectivity index (χ0) is 26.9. The second-order valence-electron chi connectivity index (χ2n) is 9.28. The summed E-state index contributed by atoms with van der Waals surface area (Å²) < 4.78 is 6.05. The van der Waals surface area contributed by atoms with Gasteiger partial charge in [0.05, 0.1) is 13.2 Å². The quantitative estimate of drug-likeness (QED) is 0.176. The van der Waals surface area contributed by atoms with Crippen molar-refractivity contribution >= 4 is 53.3 Å². The minimum atomic E-state index is -1.03. The number of nitrogens with one attached hydrogen (secondary N) is 1. The van der Waals surface area contributed by atoms with Crippen molar-refractivity contribution in [1.82, 2.24) is 5.32 Å². The average molecular weight is 536 g/mol. The van der Waals surface area contributed by atoms with Crippen LogP contribution < -0.4 is 5.32 Å². The molecule has 7 heteroatoms. The van der Waals surface area contributed by atoms with Crippen molar-refractivity contribution in [1.29, 1.82) is 0 Å². The van der Waals surface area contributed by atoms with Crippen LogP contribution in [0, 0.1) is 6.92 Å². The Hall–Kier alpha value is -3.01. The third-order valence-corrected chi connectivity index (χ3v) is 7.29. The molecule has 0 saturated carbocycles. The van der Waals surface area contributed by atoms with Gasteiger partial charge < -0.3 is 15.2 Å². The summed E-state index contributed by atoms with van der Waals surface area (Å²) in [5.41, 5.74) is 5.40. The summed E-state index contributed by atoms with van der Waals surface area (Å²) in [6.45, 7) is 2.99. The van der Waals surface area contributed by atoms with Gasteiger partial charge >= 0.3 is 24.8 Å². The standard InChI is InChI=1S/C32H33NO4S.Li.H/c1-22-8-3-5-12-26(22)29-20-23(14-15-28(29)31(34)33-30(32(35)36)17-19-38-2)21-37-18-16-25-11-7-10-24-9-4-6-13-27(24)25;;/h3-15,20,30H,16-19,21H2,1-2H3,(H,33,34)(H,35,36);;/t30-;;/m0../s1. The van der Waals surface area contributed by atoms with E-state index in [1.165, 1.54) is 16.3 Å². The molecule has 4 aromatic carbocycles. The predicted octanol–water partition coefficient (Wildman–Crippen LogP) is 5.86. The van der Waals surface area contributed by atoms with Crippen molar-refractivity contribution in [2.45, 2.75) is 32.4 Å². The summed E-state index contributed by atoms with van der Waals surface area (Å²) >= 11 is 1.55. The van der Waals surface area contributed by atoms with Gasteiger partial charge in [-0.1, -0.05) is 72.8 Å². The molecular weight excluding hydrogens is 501 g/mol. The molecule has 0 radical (unpaired) electrons. The first kappa shape index (κ1) is 30.5. The number of fused-ring (bicyclic) bond motifs is 1. The van der Waals surface area contributed by atoms with Gasteiger partial charge in [0.25, 0.3) is 5.91 Å². The van der Waals surface area contributed by atoms with E-state index in [2.05, 4.69) is 41.7 Å². The van der Waals surface area contributed by atoms with Crippen LogP contribution >= 0.6 is 11.8 Å². The maximum absolute atomic E-state index is 13.3. The Morgan fingerprint density at radius 2 is 1.69 bits per heavy atom. The van der Waals surface area contributed by atoms with Gasteiger partial charge in [-0.05, 0) is 82.5 Å². The molecule has 0 aliphatic heterocycles. The fourth-order valence-electron chi connectivity index (χ4n) is 4.59. The van der Waals surface area contributed by atoms with Gasteiger partial charge in [-0.15, -0.1) is 0 Å². The average Bonchev–Trinajstić information content (AvgIpc) is 2.93. The normalized spacial score (nSPS) is 11.5. The Labute approximate surface area is 246 Å². The van der Waals surface area contributed by atoms with Crippen molar-refractivity contribution < 1.29 is 19.4 Å². The Bertz CT molecular complexity index is 1420. The molecule has 0 fully saturated rings. The van der Waals surface area contributed by atoms with Crippen LogP contribution in [0.3, 0.4) is 0 Å². The Morgan fingerprint density at radius 1 is 0.949 bits per heavy atom. The SMILES string of the molecule is CSCC[C@H](NC(=O)c1ccc(COCCc2cccc3ccccc23)cc1-c1ccccc1C)C(=O)O.[LiH]. The summed E-state index contributed by atoms with van der Waals surface area (Å²) in [5.74, 6) is -0.766. The first-order valence-electron chi connectivity index (χ1n) is 12.7. The van der Waals surface area contributed by atoms with Gasteiger partial charge in [-0.3, -0.25) is 4.79 Å². The summed E-state index contributed by atoms with van der Waals surface area (Å²) in [4.78, 5) is 25.0. The van der Waals surface area contributed by atoms with Gasteiger partial charge in [0.2, 0.25) is 0 Å². The fraction of sp³-hybridized carbons (Fsp3) is 0.250. The number of thioether (sulfide) groups is 1. The van der Waals surface area contributed by atoms with Crippen LogP contribution in [0.25, 0.3) is 21.9 Å². The molecule has 4 aromatic rings. The molecule has 198 valence electrons. The second-order valence-corrected chi connectivity index (χ2v) is 10.3. The third-order valence-electron chi connectivity index (χ3n) is 6.64. The van der Waals surface area contributed by atoms with Crippen molar-refractivity contribution in [2.75, 3.05) is 18.6 Å². The number of ether oxygens (including phenoxy) is 1. The number of amides is 1. The minimum absolute atomic E-state index is 0. The third kappa shape index (κ3) is 8.00. The van der Waals surface area contributed by atoms with Crippen LogP contribution in [0.2, 0.25) is 0 Å². The topological polar surface area (TPSA) is 75.6 Å². The number of hydrogen-bond donors (Lipinski definition) is 2. The number of carbonyl (C=O) groups excluding carboxylic acids is 1. The first-order chi connectivity index (χ1) is 18.5. The van der Waals surface area contributed by atoms with E-state index in [4.69, 9.17) is 4.74 Å². The van der Waals surface area contributed by atoms with Crippen LogP contribution in [-0.2, 0) is 22.6 Å². The fourth-order valence-corrected chi connectivity index (χ4v) is 5.06. The molecule has 0 aromatic heterocycles. The molecule has 39 heavy (non-hydrogen) atoms. The number of carboxylic acids is 1. The number of benzene rings is 4. The van der Waals surface area contributed by atoms with Crippen molar-refractivity contribution in [2.24, 2.45) is 0 Å². The Kier molecular flexibility index (Phi) is 11.7. The van der Waals surface area contributed by atoms with E-state index in [0.29, 0.717) is 31.0 Å². The maximum atomic E-state index is 13.3. The monoisotopic (exact) mass is 535 g/mol. The van der Waals surface area contributed by atoms with Crippen LogP contribution in [0.1, 0.15) is 33.5 Å². The molecule has 0 spiro atoms. The van der Waals surface area contributed by atoms with E-state index in [0.717, 1.165) is 28.7 Å². The van der Waals surface area contributed by atoms with Crippen molar-refractivity contribution in [3.63, 3.8) is 0 Å². The van der Waals surface area contributed by atoms with E-state index in [1.54, 1.807) is 17.8 Å². The van der Waals surface area contributed by atoms with Crippen LogP contribution in [0.5, 0.6) is 0 Å². The zero-order valence-corrected chi connectivity index (χ0v) is 22.6. The number of aryl methyl sites for hydroxylation is 1. The number of carbonyl (C=O) groups is 2. The van der Waals surface area contributed by atoms with E-state index >= 15 is 0 Å². The van der Waals surface area contributed by atoms with Crippen LogP contribution in [-0.4, -0.2) is 60.5 Å². The molecule has 0 saturated heterocycles. The molecule has 0 bridgehead atoms. The molecule has 2 N–H and O–H groups in total. The van der Waals surface area contributed by atoms with Gasteiger partial charge in [0, 0.05) is 5.56 Å². The molecule has 0 heterocycles. The van der Waals surface area contributed by atoms with Crippen molar-refractivity contribution in [3.05, 3.63) is 107 Å². The van der Waals surface area contributed by atoms with E-state index < -0.39 is 12.0 Å². The molecule has 1 amide bonds. The van der Waals surface area contributed by atoms with Crippen molar-refractivity contribution in [3.8, 4) is 11.1 Å². The van der Waals surface area contributed by atoms with E-state index in [-0.39, 0.29) is 24.8 Å². The Balaban J connectivity index is 0.00000420. The molecule has 5 nitrogen and oxygen atoms in total. The summed E-state index contributed by atoms with van der Waals surface area (Å²) in [5, 5.41) is 14.8. The number of hydrogen-bond acceptors (Lipinski definition) is 4. The molecule has 1 atom stereocenters. The predicted molar refractivity (Wildman–Crippen MR) is 163 cm³/mol. The van der Waals surface area contributed by atoms with Crippen LogP contribution in [0.15, 0.2) is 84.9 Å². The molecule has 0 unspecified atom stereocenters. The number of aliphatic carboxylic acids is 1. The van der Waals surface area contributed by atoms with E-state index in [1.807, 2.05) is 55.6 Å². The molecule has 4 rings (SSSR count). The zero-order valence-electron chi connectivity index (χ0n) is 21.8. The van der Waals surface area contributed by atoms with Gasteiger partial charge in [0.15, 0.2) is 0 Å².